The summed E-state index contributed by atoms with van der Waals surface area (Å²) in [5, 5.41) is 9.31. The number of benzene rings is 4. The van der Waals surface area contributed by atoms with E-state index < -0.39 is 11.8 Å². The lowest BCUT2D eigenvalue weighted by Crippen LogP contribution is -2.29. The number of hydrogen-bond donors (Lipinski definition) is 2. The molecular formula is C22H16N2O2. The third-order valence-electron chi connectivity index (χ3n) is 4.25. The van der Waals surface area contributed by atoms with E-state index in [1.807, 2.05) is 72.8 Å². The second-order valence-corrected chi connectivity index (χ2v) is 6.00. The molecule has 26 heavy (non-hydrogen) atoms. The van der Waals surface area contributed by atoms with Gasteiger partial charge in [-0.15, -0.1) is 0 Å². The van der Waals surface area contributed by atoms with Crippen LogP contribution in [0.25, 0.3) is 21.5 Å². The molecule has 2 N–H and O–H groups in total. The van der Waals surface area contributed by atoms with Crippen LogP contribution >= 0.6 is 0 Å². The van der Waals surface area contributed by atoms with E-state index in [-0.39, 0.29) is 0 Å². The Morgan fingerprint density at radius 3 is 2.08 bits per heavy atom. The average molecular weight is 340 g/mol. The van der Waals surface area contributed by atoms with Crippen molar-refractivity contribution in [3.8, 4) is 0 Å². The number of amides is 2. The molecule has 0 saturated heterocycles. The van der Waals surface area contributed by atoms with Crippen molar-refractivity contribution in [2.45, 2.75) is 0 Å². The molecule has 4 nitrogen and oxygen atoms in total. The number of rotatable bonds is 2. The van der Waals surface area contributed by atoms with Crippen LogP contribution in [0.1, 0.15) is 0 Å². The van der Waals surface area contributed by atoms with Crippen molar-refractivity contribution in [3.05, 3.63) is 84.9 Å². The summed E-state index contributed by atoms with van der Waals surface area (Å²) in [6.45, 7) is 0. The Hall–Kier alpha value is -3.66. The normalized spacial score (nSPS) is 10.6. The molecular weight excluding hydrogens is 324 g/mol. The quantitative estimate of drug-likeness (QED) is 0.525. The van der Waals surface area contributed by atoms with Crippen molar-refractivity contribution in [3.63, 3.8) is 0 Å². The van der Waals surface area contributed by atoms with E-state index in [1.54, 1.807) is 12.1 Å². The smallest absolute Gasteiger partial charge is 0.314 e. The minimum atomic E-state index is -0.701. The van der Waals surface area contributed by atoms with E-state index in [0.29, 0.717) is 11.4 Å². The van der Waals surface area contributed by atoms with E-state index in [0.717, 1.165) is 21.5 Å². The first-order valence-electron chi connectivity index (χ1n) is 8.29. The molecule has 0 saturated carbocycles. The van der Waals surface area contributed by atoms with Gasteiger partial charge < -0.3 is 10.6 Å². The molecule has 4 aromatic carbocycles. The summed E-state index contributed by atoms with van der Waals surface area (Å²) in [4.78, 5) is 24.6. The van der Waals surface area contributed by atoms with Crippen LogP contribution in [-0.4, -0.2) is 11.8 Å². The topological polar surface area (TPSA) is 58.2 Å². The number of carbonyl (C=O) groups is 2. The third-order valence-corrected chi connectivity index (χ3v) is 4.25. The van der Waals surface area contributed by atoms with Gasteiger partial charge in [0.05, 0.1) is 0 Å². The Balaban J connectivity index is 1.53. The largest absolute Gasteiger partial charge is 0.318 e. The Bertz CT molecular complexity index is 1130. The van der Waals surface area contributed by atoms with E-state index in [2.05, 4.69) is 10.6 Å². The van der Waals surface area contributed by atoms with Crippen molar-refractivity contribution < 1.29 is 9.59 Å². The SMILES string of the molecule is O=C(Nc1ccc2ccccc2c1)C(=O)Nc1cccc2ccccc12. The predicted molar refractivity (Wildman–Crippen MR) is 105 cm³/mol. The Labute approximate surface area is 150 Å². The molecule has 4 heteroatoms. The van der Waals surface area contributed by atoms with Crippen molar-refractivity contribution in [1.29, 1.82) is 0 Å². The maximum Gasteiger partial charge on any atom is 0.314 e. The van der Waals surface area contributed by atoms with Crippen molar-refractivity contribution in [2.75, 3.05) is 10.6 Å². The monoisotopic (exact) mass is 340 g/mol. The van der Waals surface area contributed by atoms with Gasteiger partial charge >= 0.3 is 11.8 Å². The molecule has 0 radical (unpaired) electrons. The van der Waals surface area contributed by atoms with Gasteiger partial charge in [-0.2, -0.15) is 0 Å². The molecule has 0 aliphatic rings. The minimum Gasteiger partial charge on any atom is -0.318 e. The first-order chi connectivity index (χ1) is 12.7. The molecule has 0 fully saturated rings. The molecule has 0 heterocycles. The second kappa shape index (κ2) is 6.69. The zero-order chi connectivity index (χ0) is 17.9. The lowest BCUT2D eigenvalue weighted by Gasteiger charge is -2.09. The van der Waals surface area contributed by atoms with Crippen LogP contribution in [0.3, 0.4) is 0 Å². The Morgan fingerprint density at radius 2 is 1.23 bits per heavy atom. The summed E-state index contributed by atoms with van der Waals surface area (Å²) in [5.41, 5.74) is 1.20. The van der Waals surface area contributed by atoms with Gasteiger partial charge in [0.1, 0.15) is 0 Å². The van der Waals surface area contributed by atoms with Gasteiger partial charge in [-0.3, -0.25) is 9.59 Å². The van der Waals surface area contributed by atoms with Gasteiger partial charge in [-0.25, -0.2) is 0 Å². The summed E-state index contributed by atoms with van der Waals surface area (Å²) in [7, 11) is 0. The van der Waals surface area contributed by atoms with Gasteiger partial charge in [0.15, 0.2) is 0 Å². The fourth-order valence-electron chi connectivity index (χ4n) is 2.97. The molecule has 0 aromatic heterocycles. The highest BCUT2D eigenvalue weighted by Crippen LogP contribution is 2.23. The number of fused-ring (bicyclic) bond motifs is 2. The zero-order valence-corrected chi connectivity index (χ0v) is 13.9. The number of anilines is 2. The lowest BCUT2D eigenvalue weighted by molar-refractivity contribution is -0.132. The Kier molecular flexibility index (Phi) is 4.07. The predicted octanol–water partition coefficient (Wildman–Crippen LogP) is 4.57. The number of nitrogens with one attached hydrogen (secondary N) is 2. The van der Waals surface area contributed by atoms with Crippen molar-refractivity contribution in [1.82, 2.24) is 0 Å². The van der Waals surface area contributed by atoms with Crippen LogP contribution in [-0.2, 0) is 9.59 Å². The summed E-state index contributed by atoms with van der Waals surface area (Å²) >= 11 is 0. The summed E-state index contributed by atoms with van der Waals surface area (Å²) in [6, 6.07) is 26.7. The van der Waals surface area contributed by atoms with Crippen LogP contribution < -0.4 is 10.6 Å². The molecule has 4 rings (SSSR count). The van der Waals surface area contributed by atoms with Crippen LogP contribution in [0, 0.1) is 0 Å². The molecule has 4 aromatic rings. The van der Waals surface area contributed by atoms with Crippen molar-refractivity contribution in [2.24, 2.45) is 0 Å². The van der Waals surface area contributed by atoms with Gasteiger partial charge in [-0.05, 0) is 34.4 Å². The van der Waals surface area contributed by atoms with Crippen LogP contribution in [0.4, 0.5) is 11.4 Å². The standard InChI is InChI=1S/C22H16N2O2/c25-21(23-18-13-12-15-6-1-2-8-17(15)14-18)22(26)24-20-11-5-9-16-7-3-4-10-19(16)20/h1-14H,(H,23,25)(H,24,26). The lowest BCUT2D eigenvalue weighted by atomic mass is 10.1. The van der Waals surface area contributed by atoms with Gasteiger partial charge in [0.2, 0.25) is 0 Å². The van der Waals surface area contributed by atoms with E-state index >= 15 is 0 Å². The van der Waals surface area contributed by atoms with Crippen LogP contribution in [0.2, 0.25) is 0 Å². The fraction of sp³-hybridized carbons (Fsp3) is 0. The molecule has 2 amide bonds. The summed E-state index contributed by atoms with van der Waals surface area (Å²) < 4.78 is 0. The molecule has 0 spiro atoms. The first kappa shape index (κ1) is 15.8. The maximum atomic E-state index is 12.3. The maximum absolute atomic E-state index is 12.3. The number of hydrogen-bond acceptors (Lipinski definition) is 2. The van der Waals surface area contributed by atoms with Gasteiger partial charge in [-0.1, -0.05) is 66.7 Å². The molecule has 0 aliphatic carbocycles. The van der Waals surface area contributed by atoms with Crippen LogP contribution in [0.5, 0.6) is 0 Å². The van der Waals surface area contributed by atoms with E-state index in [4.69, 9.17) is 0 Å². The van der Waals surface area contributed by atoms with Gasteiger partial charge in [0, 0.05) is 16.8 Å². The molecule has 126 valence electrons. The number of carbonyl (C=O) groups excluding carboxylic acids is 2. The average Bonchev–Trinajstić information content (AvgIpc) is 2.68. The second-order valence-electron chi connectivity index (χ2n) is 6.00. The van der Waals surface area contributed by atoms with E-state index in [1.165, 1.54) is 0 Å². The highest BCUT2D eigenvalue weighted by Gasteiger charge is 2.15. The van der Waals surface area contributed by atoms with Crippen molar-refractivity contribution >= 4 is 44.7 Å². The highest BCUT2D eigenvalue weighted by atomic mass is 16.2. The fourth-order valence-corrected chi connectivity index (χ4v) is 2.97. The molecule has 0 bridgehead atoms. The highest BCUT2D eigenvalue weighted by molar-refractivity contribution is 6.44. The molecule has 0 unspecified atom stereocenters. The third kappa shape index (κ3) is 3.13. The Morgan fingerprint density at radius 1 is 0.577 bits per heavy atom. The zero-order valence-electron chi connectivity index (χ0n) is 13.9. The van der Waals surface area contributed by atoms with E-state index in [9.17, 15) is 9.59 Å². The van der Waals surface area contributed by atoms with Gasteiger partial charge in [0.25, 0.3) is 0 Å². The first-order valence-corrected chi connectivity index (χ1v) is 8.29. The minimum absolute atomic E-state index is 0.585. The summed E-state index contributed by atoms with van der Waals surface area (Å²) in [5.74, 6) is -1.40. The molecule has 0 aliphatic heterocycles. The molecule has 0 atom stereocenters. The van der Waals surface area contributed by atoms with Crippen LogP contribution in [0.15, 0.2) is 84.9 Å². The summed E-state index contributed by atoms with van der Waals surface area (Å²) in [6.07, 6.45) is 0.